The average molecular weight is 253 g/mol. The van der Waals surface area contributed by atoms with Gasteiger partial charge < -0.3 is 5.11 Å². The largest absolute Gasteiger partial charge is 0.481 e. The molecule has 104 valence electrons. The molecule has 0 aromatic heterocycles. The second-order valence-electron chi connectivity index (χ2n) is 5.45. The lowest BCUT2D eigenvalue weighted by Crippen LogP contribution is -2.24. The maximum atomic E-state index is 11.3. The summed E-state index contributed by atoms with van der Waals surface area (Å²) in [6.45, 7) is 4.04. The third kappa shape index (κ3) is 5.19. The lowest BCUT2D eigenvalue weighted by Gasteiger charge is -2.20. The van der Waals surface area contributed by atoms with Crippen LogP contribution in [0.1, 0.15) is 71.6 Å². The predicted molar refractivity (Wildman–Crippen MR) is 75.2 cm³/mol. The Bertz CT molecular complexity index is 280. The van der Waals surface area contributed by atoms with Gasteiger partial charge in [-0.05, 0) is 26.2 Å². The molecule has 0 aromatic carbocycles. The molecule has 1 aliphatic carbocycles. The number of unbranched alkanes of at least 4 members (excludes halogenated alkanes) is 2. The molecule has 1 rings (SSSR count). The van der Waals surface area contributed by atoms with Crippen LogP contribution in [0.5, 0.6) is 0 Å². The molecule has 1 saturated carbocycles. The smallest absolute Gasteiger partial charge is 0.312 e. The zero-order valence-electron chi connectivity index (χ0n) is 11.8. The molecule has 0 heterocycles. The van der Waals surface area contributed by atoms with E-state index in [1.54, 1.807) is 0 Å². The number of carboxylic acids is 1. The van der Waals surface area contributed by atoms with Crippen molar-refractivity contribution in [1.82, 2.24) is 0 Å². The molecule has 0 aliphatic heterocycles. The fourth-order valence-electron chi connectivity index (χ4n) is 2.70. The molecule has 3 nitrogen and oxygen atoms in total. The SMILES string of the molecule is CCCCCC(C(=O)O)C(C)=NC1CCCCC1. The highest BCUT2D eigenvalue weighted by Crippen LogP contribution is 2.22. The third-order valence-corrected chi connectivity index (χ3v) is 3.86. The van der Waals surface area contributed by atoms with Gasteiger partial charge in [0.25, 0.3) is 0 Å². The summed E-state index contributed by atoms with van der Waals surface area (Å²) < 4.78 is 0. The van der Waals surface area contributed by atoms with E-state index in [-0.39, 0.29) is 5.92 Å². The van der Waals surface area contributed by atoms with Gasteiger partial charge in [0.1, 0.15) is 0 Å². The number of carbonyl (C=O) groups is 1. The van der Waals surface area contributed by atoms with E-state index in [0.29, 0.717) is 6.04 Å². The Kier molecular flexibility index (Phi) is 6.99. The van der Waals surface area contributed by atoms with Gasteiger partial charge in [-0.2, -0.15) is 0 Å². The van der Waals surface area contributed by atoms with Crippen LogP contribution in [0.4, 0.5) is 0 Å². The first-order valence-corrected chi connectivity index (χ1v) is 7.42. The standard InChI is InChI=1S/C15H27NO2/c1-3-4-6-11-14(15(17)18)12(2)16-13-9-7-5-8-10-13/h13-14H,3-11H2,1-2H3,(H,17,18). The van der Waals surface area contributed by atoms with Gasteiger partial charge in [-0.3, -0.25) is 9.79 Å². The molecule has 0 saturated heterocycles. The van der Waals surface area contributed by atoms with Gasteiger partial charge in [-0.1, -0.05) is 45.4 Å². The van der Waals surface area contributed by atoms with Crippen LogP contribution in [0, 0.1) is 5.92 Å². The molecule has 18 heavy (non-hydrogen) atoms. The van der Waals surface area contributed by atoms with Crippen molar-refractivity contribution in [2.24, 2.45) is 10.9 Å². The molecule has 1 N–H and O–H groups in total. The maximum Gasteiger partial charge on any atom is 0.312 e. The van der Waals surface area contributed by atoms with E-state index in [9.17, 15) is 9.90 Å². The quantitative estimate of drug-likeness (QED) is 0.549. The number of carboxylic acid groups (broad SMARTS) is 1. The van der Waals surface area contributed by atoms with E-state index in [1.807, 2.05) is 6.92 Å². The minimum Gasteiger partial charge on any atom is -0.481 e. The van der Waals surface area contributed by atoms with Gasteiger partial charge in [-0.25, -0.2) is 0 Å². The fourth-order valence-corrected chi connectivity index (χ4v) is 2.70. The topological polar surface area (TPSA) is 49.7 Å². The van der Waals surface area contributed by atoms with E-state index in [1.165, 1.54) is 19.3 Å². The predicted octanol–water partition coefficient (Wildman–Crippen LogP) is 4.06. The van der Waals surface area contributed by atoms with Crippen LogP contribution in [0.15, 0.2) is 4.99 Å². The number of rotatable bonds is 7. The Morgan fingerprint density at radius 2 is 1.94 bits per heavy atom. The van der Waals surface area contributed by atoms with Crippen molar-refractivity contribution in [3.63, 3.8) is 0 Å². The minimum absolute atomic E-state index is 0.363. The van der Waals surface area contributed by atoms with Gasteiger partial charge in [0, 0.05) is 11.8 Å². The van der Waals surface area contributed by atoms with Gasteiger partial charge in [-0.15, -0.1) is 0 Å². The molecule has 0 amide bonds. The number of nitrogens with zero attached hydrogens (tertiary/aromatic N) is 1. The van der Waals surface area contributed by atoms with Gasteiger partial charge in [0.05, 0.1) is 5.92 Å². The fraction of sp³-hybridized carbons (Fsp3) is 0.867. The molecule has 0 aromatic rings. The van der Waals surface area contributed by atoms with Gasteiger partial charge >= 0.3 is 5.97 Å². The summed E-state index contributed by atoms with van der Waals surface area (Å²) in [6.07, 6.45) is 10.0. The zero-order valence-corrected chi connectivity index (χ0v) is 11.8. The second kappa shape index (κ2) is 8.28. The molecule has 3 heteroatoms. The minimum atomic E-state index is -0.705. The Morgan fingerprint density at radius 1 is 1.28 bits per heavy atom. The Morgan fingerprint density at radius 3 is 2.50 bits per heavy atom. The van der Waals surface area contributed by atoms with Crippen molar-refractivity contribution in [3.8, 4) is 0 Å². The molecule has 0 spiro atoms. The van der Waals surface area contributed by atoms with Gasteiger partial charge in [0.2, 0.25) is 0 Å². The van der Waals surface area contributed by atoms with Crippen molar-refractivity contribution >= 4 is 11.7 Å². The van der Waals surface area contributed by atoms with Crippen LogP contribution < -0.4 is 0 Å². The summed E-state index contributed by atoms with van der Waals surface area (Å²) in [7, 11) is 0. The van der Waals surface area contributed by atoms with E-state index in [4.69, 9.17) is 0 Å². The van der Waals surface area contributed by atoms with E-state index in [2.05, 4.69) is 11.9 Å². The van der Waals surface area contributed by atoms with Crippen molar-refractivity contribution in [1.29, 1.82) is 0 Å². The highest BCUT2D eigenvalue weighted by Gasteiger charge is 2.22. The van der Waals surface area contributed by atoms with Crippen LogP contribution in [0.3, 0.4) is 0 Å². The number of aliphatic imine (C=N–C) groups is 1. The van der Waals surface area contributed by atoms with Crippen molar-refractivity contribution < 1.29 is 9.90 Å². The lowest BCUT2D eigenvalue weighted by molar-refractivity contribution is -0.139. The van der Waals surface area contributed by atoms with Crippen LogP contribution >= 0.6 is 0 Å². The van der Waals surface area contributed by atoms with Gasteiger partial charge in [0.15, 0.2) is 0 Å². The molecule has 1 aliphatic rings. The molecular formula is C15H27NO2. The molecule has 0 bridgehead atoms. The van der Waals surface area contributed by atoms with E-state index in [0.717, 1.165) is 44.2 Å². The summed E-state index contributed by atoms with van der Waals surface area (Å²) in [5.74, 6) is -1.07. The number of hydrogen-bond donors (Lipinski definition) is 1. The summed E-state index contributed by atoms with van der Waals surface area (Å²) in [5, 5.41) is 9.29. The first kappa shape index (κ1) is 15.2. The summed E-state index contributed by atoms with van der Waals surface area (Å²) in [5.41, 5.74) is 0.838. The first-order chi connectivity index (χ1) is 8.65. The molecular weight excluding hydrogens is 226 g/mol. The second-order valence-corrected chi connectivity index (χ2v) is 5.45. The zero-order chi connectivity index (χ0) is 13.4. The molecule has 1 fully saturated rings. The normalized spacial score (nSPS) is 19.8. The van der Waals surface area contributed by atoms with E-state index < -0.39 is 5.97 Å². The van der Waals surface area contributed by atoms with Crippen molar-refractivity contribution in [2.45, 2.75) is 77.7 Å². The van der Waals surface area contributed by atoms with Crippen LogP contribution in [0.2, 0.25) is 0 Å². The summed E-state index contributed by atoms with van der Waals surface area (Å²) in [4.78, 5) is 16.0. The lowest BCUT2D eigenvalue weighted by atomic mass is 9.93. The van der Waals surface area contributed by atoms with Crippen molar-refractivity contribution in [2.75, 3.05) is 0 Å². The highest BCUT2D eigenvalue weighted by atomic mass is 16.4. The van der Waals surface area contributed by atoms with Crippen LogP contribution in [-0.2, 0) is 4.79 Å². The number of hydrogen-bond acceptors (Lipinski definition) is 2. The average Bonchev–Trinajstić information content (AvgIpc) is 2.35. The monoisotopic (exact) mass is 253 g/mol. The Balaban J connectivity index is 2.53. The number of aliphatic carboxylic acids is 1. The molecule has 1 atom stereocenters. The van der Waals surface area contributed by atoms with Crippen LogP contribution in [0.25, 0.3) is 0 Å². The Labute approximate surface area is 111 Å². The first-order valence-electron chi connectivity index (χ1n) is 7.42. The Hall–Kier alpha value is -0.860. The third-order valence-electron chi connectivity index (χ3n) is 3.86. The van der Waals surface area contributed by atoms with E-state index >= 15 is 0 Å². The highest BCUT2D eigenvalue weighted by molar-refractivity contribution is 6.00. The summed E-state index contributed by atoms with van der Waals surface area (Å²) in [6, 6.07) is 0.381. The van der Waals surface area contributed by atoms with Crippen LogP contribution in [-0.4, -0.2) is 22.8 Å². The maximum absolute atomic E-state index is 11.3. The van der Waals surface area contributed by atoms with Crippen molar-refractivity contribution in [3.05, 3.63) is 0 Å². The summed E-state index contributed by atoms with van der Waals surface area (Å²) >= 11 is 0. The molecule has 1 unspecified atom stereocenters. The molecule has 0 radical (unpaired) electrons.